The topological polar surface area (TPSA) is 20.2 Å². The molecular formula is C14H20O. The zero-order valence-corrected chi connectivity index (χ0v) is 10.1. The van der Waals surface area contributed by atoms with Crippen LogP contribution in [0.5, 0.6) is 0 Å². The van der Waals surface area contributed by atoms with Crippen LogP contribution in [0.25, 0.3) is 0 Å². The molecule has 15 heavy (non-hydrogen) atoms. The molecule has 0 spiro atoms. The van der Waals surface area contributed by atoms with E-state index in [2.05, 4.69) is 33.8 Å². The quantitative estimate of drug-likeness (QED) is 0.785. The summed E-state index contributed by atoms with van der Waals surface area (Å²) in [5, 5.41) is 9.96. The van der Waals surface area contributed by atoms with Crippen molar-refractivity contribution in [2.45, 2.75) is 52.6 Å². The molecular weight excluding hydrogens is 184 g/mol. The fourth-order valence-corrected chi connectivity index (χ4v) is 2.15. The van der Waals surface area contributed by atoms with Gasteiger partial charge in [0, 0.05) is 6.42 Å². The lowest BCUT2D eigenvalue weighted by molar-refractivity contribution is 0.150. The Kier molecular flexibility index (Phi) is 2.38. The smallest absolute Gasteiger partial charge is 0.0690 e. The summed E-state index contributed by atoms with van der Waals surface area (Å²) in [6.45, 7) is 8.68. The van der Waals surface area contributed by atoms with E-state index < -0.39 is 0 Å². The molecule has 1 aliphatic carbocycles. The minimum Gasteiger partial charge on any atom is -0.390 e. The number of benzene rings is 1. The largest absolute Gasteiger partial charge is 0.390 e. The Hall–Kier alpha value is -0.820. The van der Waals surface area contributed by atoms with Gasteiger partial charge in [0.05, 0.1) is 5.60 Å². The third-order valence-electron chi connectivity index (χ3n) is 3.94. The van der Waals surface area contributed by atoms with E-state index in [1.54, 1.807) is 0 Å². The van der Waals surface area contributed by atoms with Crippen molar-refractivity contribution < 1.29 is 5.11 Å². The van der Waals surface area contributed by atoms with Crippen molar-refractivity contribution in [1.82, 2.24) is 0 Å². The second-order valence-electron chi connectivity index (χ2n) is 5.13. The lowest BCUT2D eigenvalue weighted by Crippen LogP contribution is -2.12. The van der Waals surface area contributed by atoms with Crippen LogP contribution >= 0.6 is 0 Å². The fourth-order valence-electron chi connectivity index (χ4n) is 2.15. The summed E-state index contributed by atoms with van der Waals surface area (Å²) in [6.07, 6.45) is 2.78. The van der Waals surface area contributed by atoms with Gasteiger partial charge in [-0.25, -0.2) is 0 Å². The van der Waals surface area contributed by atoms with Gasteiger partial charge in [0.1, 0.15) is 0 Å². The van der Waals surface area contributed by atoms with E-state index in [1.807, 2.05) is 0 Å². The fraction of sp³-hybridized carbons (Fsp3) is 0.571. The van der Waals surface area contributed by atoms with Crippen molar-refractivity contribution in [3.05, 3.63) is 33.9 Å². The zero-order valence-electron chi connectivity index (χ0n) is 10.1. The van der Waals surface area contributed by atoms with Crippen LogP contribution in [0.1, 0.15) is 40.7 Å². The van der Waals surface area contributed by atoms with Gasteiger partial charge in [-0.05, 0) is 68.4 Å². The molecule has 1 nitrogen and oxygen atoms in total. The average Bonchev–Trinajstić information content (AvgIpc) is 2.89. The van der Waals surface area contributed by atoms with Crippen LogP contribution in [-0.2, 0) is 6.42 Å². The molecule has 0 heterocycles. The van der Waals surface area contributed by atoms with Gasteiger partial charge in [0.25, 0.3) is 0 Å². The van der Waals surface area contributed by atoms with Gasteiger partial charge in [-0.3, -0.25) is 0 Å². The SMILES string of the molecule is Cc1cc(CC2(O)CC2)c(C)c(C)c1C. The Morgan fingerprint density at radius 3 is 2.20 bits per heavy atom. The van der Waals surface area contributed by atoms with Crippen LogP contribution in [0.2, 0.25) is 0 Å². The van der Waals surface area contributed by atoms with E-state index in [1.165, 1.54) is 27.8 Å². The molecule has 0 aliphatic heterocycles. The number of aliphatic hydroxyl groups is 1. The maximum absolute atomic E-state index is 9.96. The van der Waals surface area contributed by atoms with Crippen LogP contribution in [0.4, 0.5) is 0 Å². The molecule has 1 N–H and O–H groups in total. The monoisotopic (exact) mass is 204 g/mol. The predicted octanol–water partition coefficient (Wildman–Crippen LogP) is 2.99. The molecule has 1 fully saturated rings. The van der Waals surface area contributed by atoms with Crippen molar-refractivity contribution in [2.75, 3.05) is 0 Å². The lowest BCUT2D eigenvalue weighted by Gasteiger charge is -2.16. The Morgan fingerprint density at radius 2 is 1.67 bits per heavy atom. The van der Waals surface area contributed by atoms with Crippen LogP contribution in [-0.4, -0.2) is 10.7 Å². The van der Waals surface area contributed by atoms with Crippen LogP contribution in [0, 0.1) is 27.7 Å². The summed E-state index contributed by atoms with van der Waals surface area (Å²) in [6, 6.07) is 2.24. The molecule has 0 amide bonds. The minimum absolute atomic E-state index is 0.376. The highest BCUT2D eigenvalue weighted by atomic mass is 16.3. The maximum Gasteiger partial charge on any atom is 0.0690 e. The highest BCUT2D eigenvalue weighted by molar-refractivity contribution is 5.44. The van der Waals surface area contributed by atoms with Crippen molar-refractivity contribution in [3.8, 4) is 0 Å². The molecule has 1 saturated carbocycles. The summed E-state index contributed by atoms with van der Waals surface area (Å²) in [5.41, 5.74) is 6.43. The third-order valence-corrected chi connectivity index (χ3v) is 3.94. The van der Waals surface area contributed by atoms with E-state index in [0.29, 0.717) is 0 Å². The molecule has 0 unspecified atom stereocenters. The number of aryl methyl sites for hydroxylation is 1. The average molecular weight is 204 g/mol. The van der Waals surface area contributed by atoms with E-state index >= 15 is 0 Å². The van der Waals surface area contributed by atoms with Gasteiger partial charge in [-0.15, -0.1) is 0 Å². The summed E-state index contributed by atoms with van der Waals surface area (Å²) >= 11 is 0. The zero-order chi connectivity index (χ0) is 11.2. The Morgan fingerprint density at radius 1 is 1.07 bits per heavy atom. The van der Waals surface area contributed by atoms with E-state index in [0.717, 1.165) is 19.3 Å². The van der Waals surface area contributed by atoms with Crippen LogP contribution in [0.3, 0.4) is 0 Å². The molecule has 1 heteroatoms. The normalized spacial score (nSPS) is 17.9. The highest BCUT2D eigenvalue weighted by Gasteiger charge is 2.40. The second-order valence-corrected chi connectivity index (χ2v) is 5.13. The van der Waals surface area contributed by atoms with Gasteiger partial charge >= 0.3 is 0 Å². The molecule has 0 bridgehead atoms. The Balaban J connectivity index is 2.39. The van der Waals surface area contributed by atoms with Gasteiger partial charge < -0.3 is 5.11 Å². The van der Waals surface area contributed by atoms with Crippen molar-refractivity contribution in [2.24, 2.45) is 0 Å². The Labute approximate surface area is 92.1 Å². The van der Waals surface area contributed by atoms with Crippen LogP contribution in [0.15, 0.2) is 6.07 Å². The number of hydrogen-bond acceptors (Lipinski definition) is 1. The molecule has 0 atom stereocenters. The second kappa shape index (κ2) is 3.34. The first-order chi connectivity index (χ1) is 6.93. The highest BCUT2D eigenvalue weighted by Crippen LogP contribution is 2.39. The van der Waals surface area contributed by atoms with Crippen molar-refractivity contribution in [1.29, 1.82) is 0 Å². The van der Waals surface area contributed by atoms with Gasteiger partial charge in [0.15, 0.2) is 0 Å². The maximum atomic E-state index is 9.96. The summed E-state index contributed by atoms with van der Waals surface area (Å²) < 4.78 is 0. The molecule has 2 rings (SSSR count). The van der Waals surface area contributed by atoms with Gasteiger partial charge in [-0.2, -0.15) is 0 Å². The van der Waals surface area contributed by atoms with Crippen LogP contribution < -0.4 is 0 Å². The molecule has 82 valence electrons. The first kappa shape index (κ1) is 10.7. The first-order valence-corrected chi connectivity index (χ1v) is 5.72. The van der Waals surface area contributed by atoms with Gasteiger partial charge in [0.2, 0.25) is 0 Å². The van der Waals surface area contributed by atoms with Gasteiger partial charge in [-0.1, -0.05) is 6.07 Å². The van der Waals surface area contributed by atoms with E-state index in [4.69, 9.17) is 0 Å². The minimum atomic E-state index is -0.376. The number of rotatable bonds is 2. The predicted molar refractivity (Wildman–Crippen MR) is 63.3 cm³/mol. The Bertz CT molecular complexity index is 400. The van der Waals surface area contributed by atoms with Crippen molar-refractivity contribution >= 4 is 0 Å². The first-order valence-electron chi connectivity index (χ1n) is 5.72. The third kappa shape index (κ3) is 1.93. The molecule has 0 saturated heterocycles. The standard InChI is InChI=1S/C14H20O/c1-9-7-13(8-14(15)5-6-14)12(4)11(3)10(9)2/h7,15H,5-6,8H2,1-4H3. The summed E-state index contributed by atoms with van der Waals surface area (Å²) in [7, 11) is 0. The van der Waals surface area contributed by atoms with E-state index in [9.17, 15) is 5.11 Å². The lowest BCUT2D eigenvalue weighted by atomic mass is 9.91. The molecule has 0 aromatic heterocycles. The number of hydrogen-bond donors (Lipinski definition) is 1. The summed E-state index contributed by atoms with van der Waals surface area (Å²) in [5.74, 6) is 0. The molecule has 1 aromatic carbocycles. The summed E-state index contributed by atoms with van der Waals surface area (Å²) in [4.78, 5) is 0. The molecule has 0 radical (unpaired) electrons. The van der Waals surface area contributed by atoms with E-state index in [-0.39, 0.29) is 5.60 Å². The molecule has 1 aliphatic rings. The van der Waals surface area contributed by atoms with Crippen molar-refractivity contribution in [3.63, 3.8) is 0 Å². The molecule has 1 aromatic rings.